The van der Waals surface area contributed by atoms with E-state index in [1.54, 1.807) is 0 Å². The highest BCUT2D eigenvalue weighted by Crippen LogP contribution is 2.27. The Hall–Kier alpha value is -2.74. The molecule has 20 heavy (non-hydrogen) atoms. The van der Waals surface area contributed by atoms with Crippen LogP contribution in [0, 0.1) is 10.1 Å². The Morgan fingerprint density at radius 1 is 1.35 bits per heavy atom. The van der Waals surface area contributed by atoms with Gasteiger partial charge in [0, 0.05) is 12.1 Å². The quantitative estimate of drug-likeness (QED) is 0.487. The van der Waals surface area contributed by atoms with Crippen LogP contribution in [-0.4, -0.2) is 14.9 Å². The smallest absolute Gasteiger partial charge is 0.269 e. The summed E-state index contributed by atoms with van der Waals surface area (Å²) in [5.41, 5.74) is 3.21. The Balaban J connectivity index is 2.27. The number of nitrogens with zero attached hydrogens (tertiary/aromatic N) is 3. The van der Waals surface area contributed by atoms with Crippen LogP contribution in [0.4, 0.5) is 11.5 Å². The minimum Gasteiger partial charge on any atom is -0.439 e. The molecule has 0 unspecified atom stereocenters. The second-order valence-corrected chi connectivity index (χ2v) is 3.86. The van der Waals surface area contributed by atoms with Gasteiger partial charge in [0.15, 0.2) is 0 Å². The third-order valence-corrected chi connectivity index (χ3v) is 2.66. The molecule has 8 nitrogen and oxygen atoms in total. The molecule has 1 heterocycles. The summed E-state index contributed by atoms with van der Waals surface area (Å²) in [4.78, 5) is 18.1. The predicted octanol–water partition coefficient (Wildman–Crippen LogP) is 2.03. The molecule has 0 bridgehead atoms. The SMILES string of the molecule is CCc1c(NN)ncnc1Oc1ccc([N+](=O)[O-])cc1. The molecule has 2 aromatic rings. The van der Waals surface area contributed by atoms with Crippen molar-refractivity contribution in [2.45, 2.75) is 13.3 Å². The van der Waals surface area contributed by atoms with Crippen LogP contribution < -0.4 is 16.0 Å². The first-order valence-corrected chi connectivity index (χ1v) is 5.88. The molecule has 2 rings (SSSR count). The lowest BCUT2D eigenvalue weighted by Crippen LogP contribution is -2.12. The van der Waals surface area contributed by atoms with E-state index < -0.39 is 4.92 Å². The number of aromatic nitrogens is 2. The zero-order valence-corrected chi connectivity index (χ0v) is 10.7. The molecule has 0 aliphatic rings. The van der Waals surface area contributed by atoms with Crippen molar-refractivity contribution in [2.75, 3.05) is 5.43 Å². The van der Waals surface area contributed by atoms with E-state index in [2.05, 4.69) is 15.4 Å². The van der Waals surface area contributed by atoms with Crippen molar-refractivity contribution >= 4 is 11.5 Å². The van der Waals surface area contributed by atoms with Crippen molar-refractivity contribution in [1.82, 2.24) is 9.97 Å². The molecule has 0 atom stereocenters. The van der Waals surface area contributed by atoms with Crippen LogP contribution in [0.25, 0.3) is 0 Å². The van der Waals surface area contributed by atoms with Crippen LogP contribution in [0.15, 0.2) is 30.6 Å². The maximum absolute atomic E-state index is 10.6. The fraction of sp³-hybridized carbons (Fsp3) is 0.167. The minimum absolute atomic E-state index is 0.0000615. The lowest BCUT2D eigenvalue weighted by Gasteiger charge is -2.11. The molecule has 0 aliphatic carbocycles. The van der Waals surface area contributed by atoms with E-state index in [-0.39, 0.29) is 5.69 Å². The minimum atomic E-state index is -0.470. The van der Waals surface area contributed by atoms with E-state index in [1.807, 2.05) is 6.92 Å². The molecule has 8 heteroatoms. The molecule has 0 spiro atoms. The molecule has 0 saturated carbocycles. The Morgan fingerprint density at radius 3 is 2.60 bits per heavy atom. The summed E-state index contributed by atoms with van der Waals surface area (Å²) < 4.78 is 5.61. The van der Waals surface area contributed by atoms with Gasteiger partial charge in [-0.25, -0.2) is 15.8 Å². The largest absolute Gasteiger partial charge is 0.439 e. The molecule has 0 amide bonds. The summed E-state index contributed by atoms with van der Waals surface area (Å²) in [5, 5.41) is 10.6. The van der Waals surface area contributed by atoms with E-state index >= 15 is 0 Å². The van der Waals surface area contributed by atoms with Crippen LogP contribution >= 0.6 is 0 Å². The van der Waals surface area contributed by atoms with Crippen LogP contribution in [-0.2, 0) is 6.42 Å². The monoisotopic (exact) mass is 275 g/mol. The summed E-state index contributed by atoms with van der Waals surface area (Å²) in [6, 6.07) is 5.75. The van der Waals surface area contributed by atoms with Gasteiger partial charge in [-0.3, -0.25) is 10.1 Å². The van der Waals surface area contributed by atoms with Gasteiger partial charge >= 0.3 is 0 Å². The molecule has 0 aliphatic heterocycles. The van der Waals surface area contributed by atoms with Gasteiger partial charge < -0.3 is 10.2 Å². The lowest BCUT2D eigenvalue weighted by atomic mass is 10.2. The fourth-order valence-corrected chi connectivity index (χ4v) is 1.67. The number of nitrogens with two attached hydrogens (primary N) is 1. The molecule has 0 saturated heterocycles. The zero-order valence-electron chi connectivity index (χ0n) is 10.7. The molecule has 0 radical (unpaired) electrons. The fourth-order valence-electron chi connectivity index (χ4n) is 1.67. The standard InChI is InChI=1S/C12H13N5O3/c1-2-10-11(16-13)14-7-15-12(10)20-9-5-3-8(4-6-9)17(18)19/h3-7H,2,13H2,1H3,(H,14,15,16). The number of ether oxygens (including phenoxy) is 1. The number of rotatable bonds is 5. The summed E-state index contributed by atoms with van der Waals surface area (Å²) >= 11 is 0. The zero-order chi connectivity index (χ0) is 14.5. The van der Waals surface area contributed by atoms with Crippen LogP contribution in [0.3, 0.4) is 0 Å². The van der Waals surface area contributed by atoms with Gasteiger partial charge in [-0.1, -0.05) is 6.92 Å². The van der Waals surface area contributed by atoms with Crippen molar-refractivity contribution in [2.24, 2.45) is 5.84 Å². The van der Waals surface area contributed by atoms with E-state index in [4.69, 9.17) is 10.6 Å². The van der Waals surface area contributed by atoms with E-state index in [1.165, 1.54) is 30.6 Å². The number of nitrogen functional groups attached to an aromatic ring is 1. The summed E-state index contributed by atoms with van der Waals surface area (Å²) in [7, 11) is 0. The van der Waals surface area contributed by atoms with Crippen LogP contribution in [0.2, 0.25) is 0 Å². The number of nitro benzene ring substituents is 1. The number of hydrazine groups is 1. The Bertz CT molecular complexity index is 615. The van der Waals surface area contributed by atoms with E-state index in [0.717, 1.165) is 5.56 Å². The average Bonchev–Trinajstić information content (AvgIpc) is 2.47. The number of hydrogen-bond donors (Lipinski definition) is 2. The van der Waals surface area contributed by atoms with Crippen molar-refractivity contribution in [1.29, 1.82) is 0 Å². The summed E-state index contributed by atoms with van der Waals surface area (Å²) in [6.07, 6.45) is 1.96. The number of anilines is 1. The first-order chi connectivity index (χ1) is 9.65. The Morgan fingerprint density at radius 2 is 2.05 bits per heavy atom. The third-order valence-electron chi connectivity index (χ3n) is 2.66. The second-order valence-electron chi connectivity index (χ2n) is 3.86. The predicted molar refractivity (Wildman–Crippen MR) is 72.4 cm³/mol. The summed E-state index contributed by atoms with van der Waals surface area (Å²) in [6.45, 7) is 1.92. The topological polar surface area (TPSA) is 116 Å². The number of benzene rings is 1. The molecule has 1 aromatic carbocycles. The molecular formula is C12H13N5O3. The Kier molecular flexibility index (Phi) is 4.06. The van der Waals surface area contributed by atoms with Gasteiger partial charge in [0.25, 0.3) is 5.69 Å². The molecule has 0 fully saturated rings. The molecule has 3 N–H and O–H groups in total. The highest BCUT2D eigenvalue weighted by molar-refractivity contribution is 5.49. The van der Waals surface area contributed by atoms with Crippen molar-refractivity contribution in [3.8, 4) is 11.6 Å². The van der Waals surface area contributed by atoms with Crippen molar-refractivity contribution in [3.63, 3.8) is 0 Å². The van der Waals surface area contributed by atoms with Crippen molar-refractivity contribution in [3.05, 3.63) is 46.3 Å². The average molecular weight is 275 g/mol. The normalized spacial score (nSPS) is 10.1. The maximum atomic E-state index is 10.6. The lowest BCUT2D eigenvalue weighted by molar-refractivity contribution is -0.384. The van der Waals surface area contributed by atoms with Crippen molar-refractivity contribution < 1.29 is 9.66 Å². The van der Waals surface area contributed by atoms with Crippen LogP contribution in [0.5, 0.6) is 11.6 Å². The highest BCUT2D eigenvalue weighted by atomic mass is 16.6. The van der Waals surface area contributed by atoms with E-state index in [0.29, 0.717) is 23.9 Å². The summed E-state index contributed by atoms with van der Waals surface area (Å²) in [5.74, 6) is 6.67. The number of nitro groups is 1. The number of non-ortho nitro benzene ring substituents is 1. The van der Waals surface area contributed by atoms with Gasteiger partial charge in [-0.05, 0) is 18.6 Å². The molecular weight excluding hydrogens is 262 g/mol. The third kappa shape index (κ3) is 2.81. The van der Waals surface area contributed by atoms with Gasteiger partial charge in [0.05, 0.1) is 10.5 Å². The second kappa shape index (κ2) is 5.93. The molecule has 1 aromatic heterocycles. The molecule has 104 valence electrons. The van der Waals surface area contributed by atoms with Gasteiger partial charge in [0.2, 0.25) is 5.88 Å². The Labute approximate surface area is 114 Å². The van der Waals surface area contributed by atoms with E-state index in [9.17, 15) is 10.1 Å². The first kappa shape index (κ1) is 13.7. The first-order valence-electron chi connectivity index (χ1n) is 5.88. The van der Waals surface area contributed by atoms with Crippen LogP contribution in [0.1, 0.15) is 12.5 Å². The number of hydrogen-bond acceptors (Lipinski definition) is 7. The maximum Gasteiger partial charge on any atom is 0.269 e. The van der Waals surface area contributed by atoms with Gasteiger partial charge in [0.1, 0.15) is 17.9 Å². The number of nitrogens with one attached hydrogen (secondary N) is 1. The van der Waals surface area contributed by atoms with Gasteiger partial charge in [-0.15, -0.1) is 0 Å². The highest BCUT2D eigenvalue weighted by Gasteiger charge is 2.12. The van der Waals surface area contributed by atoms with Gasteiger partial charge in [-0.2, -0.15) is 0 Å².